The number of hydrogen-bond donors (Lipinski definition) is 2. The second-order valence-corrected chi connectivity index (χ2v) is 9.76. The molecule has 1 heterocycles. The molecule has 1 aromatic carbocycles. The Labute approximate surface area is 203 Å². The van der Waals surface area contributed by atoms with Gasteiger partial charge in [-0.05, 0) is 62.3 Å². The summed E-state index contributed by atoms with van der Waals surface area (Å²) in [4.78, 5) is 29.6. The first-order chi connectivity index (χ1) is 15.8. The molecule has 2 N–H and O–H groups in total. The van der Waals surface area contributed by atoms with Crippen LogP contribution in [0.3, 0.4) is 0 Å². The maximum atomic E-state index is 12.9. The first kappa shape index (κ1) is 23.8. The smallest absolute Gasteiger partial charge is 0.258 e. The topological polar surface area (TPSA) is 89.5 Å². The van der Waals surface area contributed by atoms with Crippen molar-refractivity contribution in [3.63, 3.8) is 0 Å². The molecule has 0 saturated heterocycles. The van der Waals surface area contributed by atoms with Crippen molar-refractivity contribution in [3.8, 4) is 5.75 Å². The lowest BCUT2D eigenvalue weighted by atomic mass is 9.61. The summed E-state index contributed by atoms with van der Waals surface area (Å²) in [5.74, 6) is 0.213. The van der Waals surface area contributed by atoms with Crippen molar-refractivity contribution in [3.05, 3.63) is 57.8 Å². The van der Waals surface area contributed by atoms with E-state index in [4.69, 9.17) is 32.7 Å². The number of benzene rings is 1. The number of rotatable bonds is 8. The minimum Gasteiger partial charge on any atom is -0.484 e. The number of carbonyl (C=O) groups excluding carboxylic acids is 2. The average molecular weight is 492 g/mol. The van der Waals surface area contributed by atoms with Gasteiger partial charge in [0.1, 0.15) is 5.75 Å². The van der Waals surface area contributed by atoms with Crippen LogP contribution in [0.5, 0.6) is 5.75 Å². The van der Waals surface area contributed by atoms with Gasteiger partial charge >= 0.3 is 0 Å². The van der Waals surface area contributed by atoms with E-state index < -0.39 is 0 Å². The van der Waals surface area contributed by atoms with Crippen molar-refractivity contribution < 1.29 is 19.1 Å². The molecule has 0 unspecified atom stereocenters. The highest BCUT2D eigenvalue weighted by Crippen LogP contribution is 2.47. The number of pyridine rings is 1. The van der Waals surface area contributed by atoms with Crippen molar-refractivity contribution in [1.82, 2.24) is 15.6 Å². The third-order valence-corrected chi connectivity index (χ3v) is 7.40. The number of aromatic nitrogens is 1. The Morgan fingerprint density at radius 3 is 2.27 bits per heavy atom. The van der Waals surface area contributed by atoms with E-state index in [0.29, 0.717) is 28.0 Å². The van der Waals surface area contributed by atoms with Crippen molar-refractivity contribution in [2.75, 3.05) is 13.7 Å². The van der Waals surface area contributed by atoms with Gasteiger partial charge in [-0.3, -0.25) is 14.6 Å². The summed E-state index contributed by atoms with van der Waals surface area (Å²) in [7, 11) is 1.61. The Kier molecular flexibility index (Phi) is 7.12. The molecule has 2 aromatic rings. The van der Waals surface area contributed by atoms with Gasteiger partial charge in [0, 0.05) is 36.6 Å². The Hall–Kier alpha value is -2.35. The Morgan fingerprint density at radius 2 is 1.64 bits per heavy atom. The fourth-order valence-corrected chi connectivity index (χ4v) is 5.07. The highest BCUT2D eigenvalue weighted by molar-refractivity contribution is 6.42. The summed E-state index contributed by atoms with van der Waals surface area (Å²) in [6.07, 6.45) is 8.17. The van der Waals surface area contributed by atoms with Gasteiger partial charge in [-0.1, -0.05) is 23.2 Å². The van der Waals surface area contributed by atoms with Crippen LogP contribution >= 0.6 is 23.2 Å². The number of nitrogens with one attached hydrogen (secondary N) is 2. The third-order valence-electron chi connectivity index (χ3n) is 6.66. The number of hydrogen-bond acceptors (Lipinski definition) is 5. The lowest BCUT2D eigenvalue weighted by Gasteiger charge is -2.53. The summed E-state index contributed by atoms with van der Waals surface area (Å²) in [6.45, 7) is 0.322. The highest BCUT2D eigenvalue weighted by Gasteiger charge is 2.50. The molecule has 176 valence electrons. The molecule has 0 aliphatic heterocycles. The molecule has 1 aromatic heterocycles. The summed E-state index contributed by atoms with van der Waals surface area (Å²) < 4.78 is 10.7. The van der Waals surface area contributed by atoms with Crippen molar-refractivity contribution >= 4 is 35.0 Å². The first-order valence-corrected chi connectivity index (χ1v) is 11.7. The largest absolute Gasteiger partial charge is 0.484 e. The molecule has 0 radical (unpaired) electrons. The molecular weight excluding hydrogens is 465 g/mol. The normalized spacial score (nSPS) is 23.7. The van der Waals surface area contributed by atoms with Crippen molar-refractivity contribution in [2.24, 2.45) is 0 Å². The number of nitrogens with zero attached hydrogens (tertiary/aromatic N) is 1. The fourth-order valence-electron chi connectivity index (χ4n) is 4.78. The molecule has 9 heteroatoms. The SMILES string of the molecule is COCc1cncc(C(=O)NC23CCC(NC(=O)COc4ccc(Cl)c(Cl)c4)(CC2)CC3)c1. The van der Waals surface area contributed by atoms with E-state index in [1.807, 2.05) is 6.07 Å². The zero-order chi connectivity index (χ0) is 23.5. The van der Waals surface area contributed by atoms with Crippen LogP contribution < -0.4 is 15.4 Å². The summed E-state index contributed by atoms with van der Waals surface area (Å²) in [6, 6.07) is 6.72. The number of halogens is 2. The molecule has 2 amide bonds. The fraction of sp³-hybridized carbons (Fsp3) is 0.458. The van der Waals surface area contributed by atoms with Gasteiger partial charge in [0.25, 0.3) is 11.8 Å². The molecule has 0 atom stereocenters. The summed E-state index contributed by atoms with van der Waals surface area (Å²) >= 11 is 11.9. The Bertz CT molecular complexity index is 1020. The zero-order valence-electron chi connectivity index (χ0n) is 18.5. The molecule has 3 aliphatic carbocycles. The van der Waals surface area contributed by atoms with E-state index in [1.54, 1.807) is 37.7 Å². The van der Waals surface area contributed by atoms with Crippen molar-refractivity contribution in [1.29, 1.82) is 0 Å². The molecular formula is C24H27Cl2N3O4. The standard InChI is InChI=1S/C24H27Cl2N3O4/c1-32-14-16-10-17(13-27-12-16)22(31)29-24-7-4-23(5-8-24,6-9-24)28-21(30)15-33-18-2-3-19(25)20(26)11-18/h2-3,10-13H,4-9,14-15H2,1H3,(H,28,30)(H,29,31). The van der Waals surface area contributed by atoms with E-state index in [9.17, 15) is 9.59 Å². The van der Waals surface area contributed by atoms with Gasteiger partial charge in [-0.2, -0.15) is 0 Å². The van der Waals surface area contributed by atoms with Gasteiger partial charge in [0.05, 0.1) is 22.2 Å². The molecule has 3 saturated carbocycles. The predicted molar refractivity (Wildman–Crippen MR) is 126 cm³/mol. The van der Waals surface area contributed by atoms with Crippen molar-refractivity contribution in [2.45, 2.75) is 56.2 Å². The molecule has 5 rings (SSSR count). The maximum absolute atomic E-state index is 12.9. The number of amides is 2. The van der Waals surface area contributed by atoms with Gasteiger partial charge in [0.15, 0.2) is 6.61 Å². The van der Waals surface area contributed by atoms with Crippen LogP contribution in [0.15, 0.2) is 36.7 Å². The minimum atomic E-state index is -0.246. The Morgan fingerprint density at radius 1 is 0.970 bits per heavy atom. The second-order valence-electron chi connectivity index (χ2n) is 8.94. The highest BCUT2D eigenvalue weighted by atomic mass is 35.5. The summed E-state index contributed by atoms with van der Waals surface area (Å²) in [5, 5.41) is 7.25. The minimum absolute atomic E-state index is 0.0909. The van der Waals surface area contributed by atoms with Crippen LogP contribution in [0.2, 0.25) is 10.0 Å². The number of carbonyl (C=O) groups is 2. The van der Waals surface area contributed by atoms with Crippen LogP contribution in [0.1, 0.15) is 54.4 Å². The maximum Gasteiger partial charge on any atom is 0.258 e. The van der Waals surface area contributed by atoms with Crippen LogP contribution in [0.25, 0.3) is 0 Å². The van der Waals surface area contributed by atoms with Crippen LogP contribution in [0, 0.1) is 0 Å². The van der Waals surface area contributed by atoms with E-state index in [-0.39, 0.29) is 29.5 Å². The molecule has 0 spiro atoms. The lowest BCUT2D eigenvalue weighted by molar-refractivity contribution is -0.126. The number of methoxy groups -OCH3 is 1. The van der Waals surface area contributed by atoms with E-state index in [1.165, 1.54) is 0 Å². The lowest BCUT2D eigenvalue weighted by Crippen LogP contribution is -2.64. The number of ether oxygens (including phenoxy) is 2. The van der Waals surface area contributed by atoms with Crippen LogP contribution in [0.4, 0.5) is 0 Å². The van der Waals surface area contributed by atoms with Gasteiger partial charge in [-0.15, -0.1) is 0 Å². The monoisotopic (exact) mass is 491 g/mol. The third kappa shape index (κ3) is 5.60. The van der Waals surface area contributed by atoms with E-state index in [0.717, 1.165) is 44.1 Å². The first-order valence-electron chi connectivity index (χ1n) is 11.0. The summed E-state index contributed by atoms with van der Waals surface area (Å²) in [5.41, 5.74) is 0.913. The van der Waals surface area contributed by atoms with Crippen LogP contribution in [-0.2, 0) is 16.1 Å². The van der Waals surface area contributed by atoms with Crippen LogP contribution in [-0.4, -0.2) is 41.6 Å². The van der Waals surface area contributed by atoms with Gasteiger partial charge in [-0.25, -0.2) is 0 Å². The quantitative estimate of drug-likeness (QED) is 0.574. The predicted octanol–water partition coefficient (Wildman–Crippen LogP) is 4.31. The van der Waals surface area contributed by atoms with Gasteiger partial charge in [0.2, 0.25) is 0 Å². The molecule has 2 bridgehead atoms. The van der Waals surface area contributed by atoms with E-state index in [2.05, 4.69) is 15.6 Å². The molecule has 3 fully saturated rings. The zero-order valence-corrected chi connectivity index (χ0v) is 20.0. The Balaban J connectivity index is 1.30. The second kappa shape index (κ2) is 9.87. The van der Waals surface area contributed by atoms with Gasteiger partial charge < -0.3 is 20.1 Å². The van der Waals surface area contributed by atoms with E-state index >= 15 is 0 Å². The number of fused-ring (bicyclic) bond motifs is 3. The molecule has 33 heavy (non-hydrogen) atoms. The average Bonchev–Trinajstić information content (AvgIpc) is 2.81. The molecule has 3 aliphatic rings. The molecule has 7 nitrogen and oxygen atoms in total.